The van der Waals surface area contributed by atoms with E-state index in [1.54, 1.807) is 6.26 Å². The first kappa shape index (κ1) is 9.21. The third-order valence-corrected chi connectivity index (χ3v) is 2.94. The van der Waals surface area contributed by atoms with Crippen LogP contribution < -0.4 is 0 Å². The molecule has 3 nitrogen and oxygen atoms in total. The number of aromatic nitrogens is 2. The standard InChI is InChI=1S/C13H12N2O/c1-9-11-6-5-10(13-4-3-7-16-13)8-12(11)14-15(9)2/h3-8H,1-2H3. The molecule has 1 aromatic carbocycles. The van der Waals surface area contributed by atoms with Crippen molar-refractivity contribution in [2.24, 2.45) is 7.05 Å². The molecule has 0 saturated heterocycles. The smallest absolute Gasteiger partial charge is 0.133 e. The summed E-state index contributed by atoms with van der Waals surface area (Å²) in [6.45, 7) is 2.07. The Bertz CT molecular complexity index is 635. The molecule has 0 amide bonds. The SMILES string of the molecule is Cc1c2ccc(-c3ccco3)cc2nn1C. The zero-order valence-electron chi connectivity index (χ0n) is 9.27. The number of furan rings is 1. The summed E-state index contributed by atoms with van der Waals surface area (Å²) in [6.07, 6.45) is 1.68. The van der Waals surface area contributed by atoms with Gasteiger partial charge in [0.25, 0.3) is 0 Å². The molecular weight excluding hydrogens is 200 g/mol. The maximum absolute atomic E-state index is 5.37. The molecule has 3 aromatic rings. The van der Waals surface area contributed by atoms with Gasteiger partial charge in [-0.25, -0.2) is 0 Å². The highest BCUT2D eigenvalue weighted by molar-refractivity contribution is 5.85. The topological polar surface area (TPSA) is 31.0 Å². The number of hydrogen-bond acceptors (Lipinski definition) is 2. The number of hydrogen-bond donors (Lipinski definition) is 0. The normalized spacial score (nSPS) is 11.1. The van der Waals surface area contributed by atoms with Crippen molar-refractivity contribution >= 4 is 10.9 Å². The number of nitrogens with zero attached hydrogens (tertiary/aromatic N) is 2. The van der Waals surface area contributed by atoms with Crippen molar-refractivity contribution in [2.75, 3.05) is 0 Å². The van der Waals surface area contributed by atoms with Crippen LogP contribution in [0.15, 0.2) is 41.0 Å². The molecule has 0 aliphatic carbocycles. The lowest BCUT2D eigenvalue weighted by Gasteiger charge is -1.96. The van der Waals surface area contributed by atoms with Crippen LogP contribution >= 0.6 is 0 Å². The molecule has 0 fully saturated rings. The average molecular weight is 212 g/mol. The fourth-order valence-electron chi connectivity index (χ4n) is 1.93. The van der Waals surface area contributed by atoms with Crippen LogP contribution in [-0.2, 0) is 7.05 Å². The number of rotatable bonds is 1. The molecule has 0 aliphatic rings. The summed E-state index contributed by atoms with van der Waals surface area (Å²) in [5.74, 6) is 0.880. The van der Waals surface area contributed by atoms with Gasteiger partial charge in [-0.2, -0.15) is 5.10 Å². The van der Waals surface area contributed by atoms with E-state index in [4.69, 9.17) is 4.42 Å². The van der Waals surface area contributed by atoms with Crippen molar-refractivity contribution < 1.29 is 4.42 Å². The van der Waals surface area contributed by atoms with Gasteiger partial charge in [-0.3, -0.25) is 4.68 Å². The Labute approximate surface area is 93.3 Å². The van der Waals surface area contributed by atoms with Gasteiger partial charge in [0.15, 0.2) is 0 Å². The van der Waals surface area contributed by atoms with E-state index >= 15 is 0 Å². The molecule has 80 valence electrons. The van der Waals surface area contributed by atoms with Gasteiger partial charge in [0, 0.05) is 23.7 Å². The first-order valence-corrected chi connectivity index (χ1v) is 5.23. The highest BCUT2D eigenvalue weighted by Crippen LogP contribution is 2.25. The molecule has 0 aliphatic heterocycles. The first-order chi connectivity index (χ1) is 7.75. The summed E-state index contributed by atoms with van der Waals surface area (Å²) in [5.41, 5.74) is 3.26. The van der Waals surface area contributed by atoms with Crippen LogP contribution in [0.2, 0.25) is 0 Å². The summed E-state index contributed by atoms with van der Waals surface area (Å²) in [6, 6.07) is 10.1. The Hall–Kier alpha value is -2.03. The van der Waals surface area contributed by atoms with Crippen molar-refractivity contribution in [1.82, 2.24) is 9.78 Å². The van der Waals surface area contributed by atoms with E-state index in [0.717, 1.165) is 16.8 Å². The molecule has 3 heteroatoms. The Kier molecular flexibility index (Phi) is 1.86. The molecule has 0 spiro atoms. The van der Waals surface area contributed by atoms with Gasteiger partial charge in [-0.15, -0.1) is 0 Å². The van der Waals surface area contributed by atoms with E-state index in [9.17, 15) is 0 Å². The van der Waals surface area contributed by atoms with Crippen molar-refractivity contribution in [2.45, 2.75) is 6.92 Å². The molecule has 2 heterocycles. The largest absolute Gasteiger partial charge is 0.464 e. The van der Waals surface area contributed by atoms with Crippen LogP contribution in [0.1, 0.15) is 5.69 Å². The molecule has 0 N–H and O–H groups in total. The van der Waals surface area contributed by atoms with Crippen LogP contribution in [-0.4, -0.2) is 9.78 Å². The fourth-order valence-corrected chi connectivity index (χ4v) is 1.93. The zero-order valence-corrected chi connectivity index (χ0v) is 9.27. The van der Waals surface area contributed by atoms with Gasteiger partial charge >= 0.3 is 0 Å². The Balaban J connectivity index is 2.24. The molecule has 0 atom stereocenters. The molecule has 0 saturated carbocycles. The Morgan fingerprint density at radius 3 is 2.88 bits per heavy atom. The van der Waals surface area contributed by atoms with Crippen molar-refractivity contribution in [3.63, 3.8) is 0 Å². The van der Waals surface area contributed by atoms with Crippen LogP contribution in [0.3, 0.4) is 0 Å². The molecule has 2 aromatic heterocycles. The fraction of sp³-hybridized carbons (Fsp3) is 0.154. The second-order valence-corrected chi connectivity index (χ2v) is 3.92. The predicted octanol–water partition coefficient (Wildman–Crippen LogP) is 3.14. The van der Waals surface area contributed by atoms with E-state index in [-0.39, 0.29) is 0 Å². The highest BCUT2D eigenvalue weighted by Gasteiger charge is 2.07. The summed E-state index contributed by atoms with van der Waals surface area (Å²) < 4.78 is 7.27. The lowest BCUT2D eigenvalue weighted by molar-refractivity contribution is 0.582. The minimum Gasteiger partial charge on any atom is -0.464 e. The quantitative estimate of drug-likeness (QED) is 0.620. The van der Waals surface area contributed by atoms with E-state index in [0.29, 0.717) is 0 Å². The van der Waals surface area contributed by atoms with E-state index < -0.39 is 0 Å². The van der Waals surface area contributed by atoms with Crippen LogP contribution in [0.5, 0.6) is 0 Å². The molecule has 3 rings (SSSR count). The third kappa shape index (κ3) is 1.25. The first-order valence-electron chi connectivity index (χ1n) is 5.23. The minimum atomic E-state index is 0.880. The zero-order chi connectivity index (χ0) is 11.1. The van der Waals surface area contributed by atoms with Crippen LogP contribution in [0.4, 0.5) is 0 Å². The number of aryl methyl sites for hydroxylation is 2. The van der Waals surface area contributed by atoms with Gasteiger partial charge in [-0.1, -0.05) is 12.1 Å². The Morgan fingerprint density at radius 1 is 1.25 bits per heavy atom. The van der Waals surface area contributed by atoms with Gasteiger partial charge in [0.1, 0.15) is 5.76 Å². The van der Waals surface area contributed by atoms with E-state index in [2.05, 4.69) is 30.2 Å². The second-order valence-electron chi connectivity index (χ2n) is 3.92. The predicted molar refractivity (Wildman–Crippen MR) is 63.2 cm³/mol. The third-order valence-electron chi connectivity index (χ3n) is 2.94. The molecule has 0 bridgehead atoms. The molecule has 0 radical (unpaired) electrons. The van der Waals surface area contributed by atoms with E-state index in [1.807, 2.05) is 23.9 Å². The van der Waals surface area contributed by atoms with Crippen molar-refractivity contribution in [1.29, 1.82) is 0 Å². The molecular formula is C13H12N2O. The van der Waals surface area contributed by atoms with E-state index in [1.165, 1.54) is 11.1 Å². The lowest BCUT2D eigenvalue weighted by atomic mass is 10.1. The summed E-state index contributed by atoms with van der Waals surface area (Å²) in [4.78, 5) is 0. The van der Waals surface area contributed by atoms with Gasteiger partial charge in [0.2, 0.25) is 0 Å². The number of fused-ring (bicyclic) bond motifs is 1. The van der Waals surface area contributed by atoms with Crippen molar-refractivity contribution in [3.8, 4) is 11.3 Å². The lowest BCUT2D eigenvalue weighted by Crippen LogP contribution is -1.91. The minimum absolute atomic E-state index is 0.880. The number of benzene rings is 1. The van der Waals surface area contributed by atoms with Gasteiger partial charge < -0.3 is 4.42 Å². The van der Waals surface area contributed by atoms with Crippen molar-refractivity contribution in [3.05, 3.63) is 42.3 Å². The Morgan fingerprint density at radius 2 is 2.12 bits per heavy atom. The average Bonchev–Trinajstić information content (AvgIpc) is 2.88. The molecule has 16 heavy (non-hydrogen) atoms. The molecule has 0 unspecified atom stereocenters. The monoisotopic (exact) mass is 212 g/mol. The maximum Gasteiger partial charge on any atom is 0.133 e. The summed E-state index contributed by atoms with van der Waals surface area (Å²) in [5, 5.41) is 5.65. The van der Waals surface area contributed by atoms with Gasteiger partial charge in [-0.05, 0) is 25.1 Å². The van der Waals surface area contributed by atoms with Gasteiger partial charge in [0.05, 0.1) is 11.8 Å². The second kappa shape index (κ2) is 3.23. The summed E-state index contributed by atoms with van der Waals surface area (Å²) >= 11 is 0. The van der Waals surface area contributed by atoms with Crippen LogP contribution in [0, 0.1) is 6.92 Å². The highest BCUT2D eigenvalue weighted by atomic mass is 16.3. The van der Waals surface area contributed by atoms with Crippen LogP contribution in [0.25, 0.3) is 22.2 Å². The summed E-state index contributed by atoms with van der Waals surface area (Å²) in [7, 11) is 1.96. The maximum atomic E-state index is 5.37.